The molecule has 0 spiro atoms. The van der Waals surface area contributed by atoms with Gasteiger partial charge in [0, 0.05) is 35.5 Å². The van der Waals surface area contributed by atoms with Gasteiger partial charge in [0.05, 0.1) is 5.69 Å². The third-order valence-corrected chi connectivity index (χ3v) is 5.29. The van der Waals surface area contributed by atoms with Gasteiger partial charge in [0.25, 0.3) is 0 Å². The van der Waals surface area contributed by atoms with Gasteiger partial charge in [-0.1, -0.05) is 6.92 Å². The molecule has 0 radical (unpaired) electrons. The molecule has 90 valence electrons. The summed E-state index contributed by atoms with van der Waals surface area (Å²) in [5.74, 6) is 1.21. The molecule has 0 bridgehead atoms. The molecule has 2 heterocycles. The van der Waals surface area contributed by atoms with Gasteiger partial charge in [-0.15, -0.1) is 11.3 Å². The Hall–Kier alpha value is -0.260. The van der Waals surface area contributed by atoms with Crippen molar-refractivity contribution in [2.45, 2.75) is 31.7 Å². The van der Waals surface area contributed by atoms with E-state index >= 15 is 0 Å². The van der Waals surface area contributed by atoms with Crippen molar-refractivity contribution in [3.8, 4) is 0 Å². The fraction of sp³-hybridized carbons (Fsp3) is 0.727. The Bertz CT molecular complexity index is 340. The molecule has 1 aliphatic rings. The maximum Gasteiger partial charge on any atom is 0.185 e. The molecular weight excluding hydrogens is 238 g/mol. The summed E-state index contributed by atoms with van der Waals surface area (Å²) in [5, 5.41) is 7.18. The molecule has 2 rings (SSSR count). The molecule has 1 aliphatic heterocycles. The highest BCUT2D eigenvalue weighted by atomic mass is 32.2. The lowest BCUT2D eigenvalue weighted by Crippen LogP contribution is -2.44. The monoisotopic (exact) mass is 257 g/mol. The summed E-state index contributed by atoms with van der Waals surface area (Å²) in [5.41, 5.74) is 1.15. The summed E-state index contributed by atoms with van der Waals surface area (Å²) in [6.07, 6.45) is 0. The first-order valence-corrected chi connectivity index (χ1v) is 7.62. The zero-order valence-electron chi connectivity index (χ0n) is 10.1. The molecule has 2 atom stereocenters. The highest BCUT2D eigenvalue weighted by Crippen LogP contribution is 2.30. The standard InChI is InChI=1S/C11H19N3S2/c1-8-9(2)15-5-4-14(8)11-13-10(6-12-3)7-16-11/h7-9,12H,4-6H2,1-3H3. The number of anilines is 1. The number of nitrogens with one attached hydrogen (secondary N) is 1. The van der Waals surface area contributed by atoms with Crippen molar-refractivity contribution in [2.75, 3.05) is 24.2 Å². The number of thiazole rings is 1. The van der Waals surface area contributed by atoms with Crippen LogP contribution in [0.5, 0.6) is 0 Å². The third kappa shape index (κ3) is 2.52. The molecule has 5 heteroatoms. The topological polar surface area (TPSA) is 28.2 Å². The van der Waals surface area contributed by atoms with E-state index in [1.165, 1.54) is 10.9 Å². The summed E-state index contributed by atoms with van der Waals surface area (Å²) in [4.78, 5) is 7.13. The van der Waals surface area contributed by atoms with Crippen LogP contribution < -0.4 is 10.2 Å². The number of rotatable bonds is 3. The first-order valence-electron chi connectivity index (χ1n) is 5.69. The van der Waals surface area contributed by atoms with Crippen molar-refractivity contribution in [2.24, 2.45) is 0 Å². The Labute approximate surface area is 106 Å². The van der Waals surface area contributed by atoms with E-state index in [1.807, 2.05) is 7.05 Å². The average molecular weight is 257 g/mol. The fourth-order valence-corrected chi connectivity index (χ4v) is 3.93. The molecule has 0 aliphatic carbocycles. The maximum atomic E-state index is 4.68. The Morgan fingerprint density at radius 2 is 2.38 bits per heavy atom. The van der Waals surface area contributed by atoms with E-state index in [4.69, 9.17) is 0 Å². The Morgan fingerprint density at radius 3 is 3.12 bits per heavy atom. The van der Waals surface area contributed by atoms with Gasteiger partial charge in [-0.2, -0.15) is 11.8 Å². The zero-order chi connectivity index (χ0) is 11.5. The van der Waals surface area contributed by atoms with Crippen LogP contribution in [0.25, 0.3) is 0 Å². The van der Waals surface area contributed by atoms with E-state index in [0.717, 1.165) is 18.8 Å². The van der Waals surface area contributed by atoms with E-state index in [0.29, 0.717) is 11.3 Å². The van der Waals surface area contributed by atoms with Gasteiger partial charge in [-0.3, -0.25) is 0 Å². The highest BCUT2D eigenvalue weighted by molar-refractivity contribution is 8.00. The van der Waals surface area contributed by atoms with E-state index in [2.05, 4.69) is 46.2 Å². The summed E-state index contributed by atoms with van der Waals surface area (Å²) < 4.78 is 0. The van der Waals surface area contributed by atoms with Crippen LogP contribution in [0.3, 0.4) is 0 Å². The van der Waals surface area contributed by atoms with Crippen molar-refractivity contribution in [3.05, 3.63) is 11.1 Å². The normalized spacial score (nSPS) is 26.1. The third-order valence-electron chi connectivity index (χ3n) is 3.03. The molecule has 1 N–H and O–H groups in total. The van der Waals surface area contributed by atoms with Gasteiger partial charge in [0.2, 0.25) is 0 Å². The van der Waals surface area contributed by atoms with Crippen LogP contribution in [0.4, 0.5) is 5.13 Å². The first kappa shape index (κ1) is 12.2. The summed E-state index contributed by atoms with van der Waals surface area (Å²) in [6.45, 7) is 6.60. The molecule has 1 aromatic rings. The number of aromatic nitrogens is 1. The van der Waals surface area contributed by atoms with Crippen LogP contribution in [-0.4, -0.2) is 35.6 Å². The zero-order valence-corrected chi connectivity index (χ0v) is 11.7. The number of hydrogen-bond acceptors (Lipinski definition) is 5. The quantitative estimate of drug-likeness (QED) is 0.898. The lowest BCUT2D eigenvalue weighted by Gasteiger charge is -2.37. The smallest absolute Gasteiger partial charge is 0.185 e. The summed E-state index contributed by atoms with van der Waals surface area (Å²) >= 11 is 3.83. The molecule has 3 nitrogen and oxygen atoms in total. The van der Waals surface area contributed by atoms with Crippen LogP contribution in [0.1, 0.15) is 19.5 Å². The lowest BCUT2D eigenvalue weighted by atomic mass is 10.2. The van der Waals surface area contributed by atoms with E-state index in [9.17, 15) is 0 Å². The minimum absolute atomic E-state index is 0.590. The lowest BCUT2D eigenvalue weighted by molar-refractivity contribution is 0.624. The van der Waals surface area contributed by atoms with Gasteiger partial charge >= 0.3 is 0 Å². The van der Waals surface area contributed by atoms with Gasteiger partial charge < -0.3 is 10.2 Å². The van der Waals surface area contributed by atoms with Crippen molar-refractivity contribution in [1.29, 1.82) is 0 Å². The SMILES string of the molecule is CNCc1csc(N2CCSC(C)C2C)n1. The van der Waals surface area contributed by atoms with Crippen LogP contribution in [-0.2, 0) is 6.54 Å². The van der Waals surface area contributed by atoms with Crippen molar-refractivity contribution in [1.82, 2.24) is 10.3 Å². The van der Waals surface area contributed by atoms with Crippen molar-refractivity contribution < 1.29 is 0 Å². The van der Waals surface area contributed by atoms with Crippen LogP contribution >= 0.6 is 23.1 Å². The Morgan fingerprint density at radius 1 is 1.56 bits per heavy atom. The molecular formula is C11H19N3S2. The van der Waals surface area contributed by atoms with Crippen LogP contribution in [0, 0.1) is 0 Å². The summed E-state index contributed by atoms with van der Waals surface area (Å²) in [6, 6.07) is 0.590. The number of hydrogen-bond donors (Lipinski definition) is 1. The molecule has 1 saturated heterocycles. The first-order chi connectivity index (χ1) is 7.72. The predicted molar refractivity (Wildman–Crippen MR) is 73.6 cm³/mol. The molecule has 16 heavy (non-hydrogen) atoms. The summed E-state index contributed by atoms with van der Waals surface area (Å²) in [7, 11) is 1.96. The van der Waals surface area contributed by atoms with Crippen molar-refractivity contribution in [3.63, 3.8) is 0 Å². The highest BCUT2D eigenvalue weighted by Gasteiger charge is 2.26. The molecule has 0 aromatic carbocycles. The number of thioether (sulfide) groups is 1. The van der Waals surface area contributed by atoms with Crippen LogP contribution in [0.15, 0.2) is 5.38 Å². The fourth-order valence-electron chi connectivity index (χ4n) is 1.89. The molecule has 2 unspecified atom stereocenters. The predicted octanol–water partition coefficient (Wildman–Crippen LogP) is 2.19. The van der Waals surface area contributed by atoms with Gasteiger partial charge in [0.1, 0.15) is 0 Å². The Balaban J connectivity index is 2.09. The minimum Gasteiger partial charge on any atom is -0.343 e. The van der Waals surface area contributed by atoms with Crippen molar-refractivity contribution >= 4 is 28.2 Å². The Kier molecular flexibility index (Phi) is 4.10. The van der Waals surface area contributed by atoms with Gasteiger partial charge in [-0.25, -0.2) is 4.98 Å². The van der Waals surface area contributed by atoms with Gasteiger partial charge in [0.15, 0.2) is 5.13 Å². The second kappa shape index (κ2) is 5.38. The second-order valence-corrected chi connectivity index (χ2v) is 6.48. The van der Waals surface area contributed by atoms with Gasteiger partial charge in [-0.05, 0) is 14.0 Å². The molecule has 1 fully saturated rings. The number of nitrogens with zero attached hydrogens (tertiary/aromatic N) is 2. The van der Waals surface area contributed by atoms with E-state index in [1.54, 1.807) is 11.3 Å². The minimum atomic E-state index is 0.590. The molecule has 0 saturated carbocycles. The maximum absolute atomic E-state index is 4.68. The van der Waals surface area contributed by atoms with Crippen LogP contribution in [0.2, 0.25) is 0 Å². The molecule has 1 aromatic heterocycles. The average Bonchev–Trinajstić information content (AvgIpc) is 2.71. The largest absolute Gasteiger partial charge is 0.343 e. The second-order valence-electron chi connectivity index (χ2n) is 4.16. The molecule has 0 amide bonds. The van der Waals surface area contributed by atoms with E-state index in [-0.39, 0.29) is 0 Å². The van der Waals surface area contributed by atoms with E-state index < -0.39 is 0 Å².